The van der Waals surface area contributed by atoms with Crippen LogP contribution in [0, 0.1) is 17.0 Å². The monoisotopic (exact) mass is 384 g/mol. The lowest BCUT2D eigenvalue weighted by molar-refractivity contribution is -0.385. The number of methoxy groups -OCH3 is 1. The van der Waals surface area contributed by atoms with Crippen molar-refractivity contribution in [2.45, 2.75) is 25.2 Å². The molecule has 148 valence electrons. The quantitative estimate of drug-likeness (QED) is 0.609. The van der Waals surface area contributed by atoms with Crippen LogP contribution >= 0.6 is 0 Å². The van der Waals surface area contributed by atoms with Crippen LogP contribution in [0.2, 0.25) is 0 Å². The molecule has 0 aliphatic carbocycles. The summed E-state index contributed by atoms with van der Waals surface area (Å²) in [5, 5.41) is 14.1. The Hall–Kier alpha value is -2.93. The van der Waals surface area contributed by atoms with E-state index in [1.165, 1.54) is 6.07 Å². The number of hydrogen-bond donors (Lipinski definition) is 1. The zero-order valence-electron chi connectivity index (χ0n) is 16.1. The molecule has 1 saturated heterocycles. The highest BCUT2D eigenvalue weighted by molar-refractivity contribution is 5.95. The van der Waals surface area contributed by atoms with Gasteiger partial charge in [0.25, 0.3) is 11.6 Å². The van der Waals surface area contributed by atoms with Gasteiger partial charge in [-0.3, -0.25) is 14.9 Å². The number of nitro groups is 1. The number of amides is 1. The average molecular weight is 384 g/mol. The molecule has 1 fully saturated rings. The first-order valence-corrected chi connectivity index (χ1v) is 9.21. The zero-order chi connectivity index (χ0) is 20.1. The van der Waals surface area contributed by atoms with Gasteiger partial charge in [-0.2, -0.15) is 0 Å². The first-order chi connectivity index (χ1) is 13.5. The van der Waals surface area contributed by atoms with Gasteiger partial charge in [0, 0.05) is 47.9 Å². The third kappa shape index (κ3) is 3.99. The smallest absolute Gasteiger partial charge is 0.273 e. The molecule has 28 heavy (non-hydrogen) atoms. The van der Waals surface area contributed by atoms with Crippen molar-refractivity contribution >= 4 is 11.6 Å². The summed E-state index contributed by atoms with van der Waals surface area (Å²) < 4.78 is 11.1. The molecule has 7 nitrogen and oxygen atoms in total. The zero-order valence-corrected chi connectivity index (χ0v) is 16.1. The van der Waals surface area contributed by atoms with E-state index >= 15 is 0 Å². The highest BCUT2D eigenvalue weighted by Gasteiger charge is 2.37. The first kappa shape index (κ1) is 19.8. The lowest BCUT2D eigenvalue weighted by Crippen LogP contribution is -2.44. The average Bonchev–Trinajstić information content (AvgIpc) is 2.72. The van der Waals surface area contributed by atoms with E-state index in [0.29, 0.717) is 25.3 Å². The molecule has 0 bridgehead atoms. The lowest BCUT2D eigenvalue weighted by Gasteiger charge is -2.38. The number of rotatable bonds is 6. The van der Waals surface area contributed by atoms with Crippen LogP contribution in [0.25, 0.3) is 0 Å². The van der Waals surface area contributed by atoms with Crippen LogP contribution in [0.4, 0.5) is 5.69 Å². The molecule has 1 aliphatic rings. The number of para-hydroxylation sites is 1. The molecular formula is C21H24N2O5. The number of benzene rings is 2. The van der Waals surface area contributed by atoms with Crippen molar-refractivity contribution in [1.82, 2.24) is 5.32 Å². The number of nitro benzene ring substituents is 1. The molecule has 0 aromatic heterocycles. The van der Waals surface area contributed by atoms with Crippen molar-refractivity contribution in [2.75, 3.05) is 26.9 Å². The SMILES string of the molecule is COc1ccccc1C1(CNC(=O)c2ccc(C)c([N+](=O)[O-])c2)CCOCC1. The standard InChI is InChI=1S/C21H24N2O5/c1-15-7-8-16(13-18(15)23(25)26)20(24)22-14-21(9-11-28-12-10-21)17-5-3-4-6-19(17)27-2/h3-8,13H,9-12,14H2,1-2H3,(H,22,24). The summed E-state index contributed by atoms with van der Waals surface area (Å²) in [6, 6.07) is 12.3. The predicted octanol–water partition coefficient (Wildman–Crippen LogP) is 3.39. The van der Waals surface area contributed by atoms with E-state index in [2.05, 4.69) is 5.32 Å². The van der Waals surface area contributed by atoms with Gasteiger partial charge < -0.3 is 14.8 Å². The van der Waals surface area contributed by atoms with Gasteiger partial charge in [-0.05, 0) is 31.9 Å². The van der Waals surface area contributed by atoms with Crippen molar-refractivity contribution < 1.29 is 19.2 Å². The summed E-state index contributed by atoms with van der Waals surface area (Å²) in [6.45, 7) is 3.25. The van der Waals surface area contributed by atoms with E-state index in [4.69, 9.17) is 9.47 Å². The van der Waals surface area contributed by atoms with Gasteiger partial charge in [0.1, 0.15) is 5.75 Å². The molecule has 1 aliphatic heterocycles. The summed E-state index contributed by atoms with van der Waals surface area (Å²) in [7, 11) is 1.63. The number of nitrogens with one attached hydrogen (secondary N) is 1. The summed E-state index contributed by atoms with van der Waals surface area (Å²) in [4.78, 5) is 23.4. The Labute approximate surface area is 163 Å². The fourth-order valence-electron chi connectivity index (χ4n) is 3.69. The van der Waals surface area contributed by atoms with Crippen LogP contribution in [0.15, 0.2) is 42.5 Å². The predicted molar refractivity (Wildman–Crippen MR) is 105 cm³/mol. The minimum absolute atomic E-state index is 0.0573. The molecule has 0 radical (unpaired) electrons. The van der Waals surface area contributed by atoms with Crippen LogP contribution in [-0.4, -0.2) is 37.7 Å². The van der Waals surface area contributed by atoms with Crippen LogP contribution in [-0.2, 0) is 10.2 Å². The number of nitrogens with zero attached hydrogens (tertiary/aromatic N) is 1. The Kier molecular flexibility index (Phi) is 5.94. The molecule has 1 N–H and O–H groups in total. The van der Waals surface area contributed by atoms with Crippen LogP contribution in [0.1, 0.15) is 34.3 Å². The van der Waals surface area contributed by atoms with E-state index in [1.54, 1.807) is 26.2 Å². The fraction of sp³-hybridized carbons (Fsp3) is 0.381. The number of aryl methyl sites for hydroxylation is 1. The fourth-order valence-corrected chi connectivity index (χ4v) is 3.69. The van der Waals surface area contributed by atoms with Crippen molar-refractivity contribution in [3.05, 3.63) is 69.3 Å². The summed E-state index contributed by atoms with van der Waals surface area (Å²) in [6.07, 6.45) is 1.50. The Balaban J connectivity index is 1.84. The Bertz CT molecular complexity index is 875. The Morgan fingerprint density at radius 3 is 2.64 bits per heavy atom. The van der Waals surface area contributed by atoms with Crippen molar-refractivity contribution in [3.8, 4) is 5.75 Å². The molecule has 0 saturated carbocycles. The molecule has 2 aromatic rings. The summed E-state index contributed by atoms with van der Waals surface area (Å²) >= 11 is 0. The second-order valence-corrected chi connectivity index (χ2v) is 7.03. The third-order valence-corrected chi connectivity index (χ3v) is 5.38. The maximum atomic E-state index is 12.7. The molecule has 1 amide bonds. The third-order valence-electron chi connectivity index (χ3n) is 5.38. The number of carbonyl (C=O) groups is 1. The molecule has 7 heteroatoms. The van der Waals surface area contributed by atoms with E-state index in [0.717, 1.165) is 24.2 Å². The van der Waals surface area contributed by atoms with Gasteiger partial charge in [-0.25, -0.2) is 0 Å². The van der Waals surface area contributed by atoms with Gasteiger partial charge in [-0.15, -0.1) is 0 Å². The van der Waals surface area contributed by atoms with Crippen LogP contribution in [0.5, 0.6) is 5.75 Å². The largest absolute Gasteiger partial charge is 0.496 e. The van der Waals surface area contributed by atoms with E-state index in [-0.39, 0.29) is 22.6 Å². The maximum absolute atomic E-state index is 12.7. The first-order valence-electron chi connectivity index (χ1n) is 9.21. The number of ether oxygens (including phenoxy) is 2. The minimum atomic E-state index is -0.471. The summed E-state index contributed by atoms with van der Waals surface area (Å²) in [5.41, 5.74) is 1.47. The van der Waals surface area contributed by atoms with Gasteiger partial charge in [0.2, 0.25) is 0 Å². The lowest BCUT2D eigenvalue weighted by atomic mass is 9.73. The Morgan fingerprint density at radius 1 is 1.25 bits per heavy atom. The molecule has 0 atom stereocenters. The highest BCUT2D eigenvalue weighted by Crippen LogP contribution is 2.39. The van der Waals surface area contributed by atoms with E-state index in [1.807, 2.05) is 24.3 Å². The van der Waals surface area contributed by atoms with E-state index in [9.17, 15) is 14.9 Å². The number of carbonyl (C=O) groups excluding carboxylic acids is 1. The van der Waals surface area contributed by atoms with Crippen molar-refractivity contribution in [2.24, 2.45) is 0 Å². The molecule has 0 unspecified atom stereocenters. The maximum Gasteiger partial charge on any atom is 0.273 e. The van der Waals surface area contributed by atoms with Gasteiger partial charge in [0.15, 0.2) is 0 Å². The van der Waals surface area contributed by atoms with Crippen LogP contribution < -0.4 is 10.1 Å². The molecule has 0 spiro atoms. The molecular weight excluding hydrogens is 360 g/mol. The van der Waals surface area contributed by atoms with Gasteiger partial charge in [0.05, 0.1) is 12.0 Å². The van der Waals surface area contributed by atoms with Gasteiger partial charge in [-0.1, -0.05) is 24.3 Å². The second-order valence-electron chi connectivity index (χ2n) is 7.03. The topological polar surface area (TPSA) is 90.7 Å². The molecule has 2 aromatic carbocycles. The minimum Gasteiger partial charge on any atom is -0.496 e. The Morgan fingerprint density at radius 2 is 1.96 bits per heavy atom. The highest BCUT2D eigenvalue weighted by atomic mass is 16.6. The van der Waals surface area contributed by atoms with Crippen molar-refractivity contribution in [3.63, 3.8) is 0 Å². The number of hydrogen-bond acceptors (Lipinski definition) is 5. The normalized spacial score (nSPS) is 15.6. The second kappa shape index (κ2) is 8.39. The van der Waals surface area contributed by atoms with Crippen molar-refractivity contribution in [1.29, 1.82) is 0 Å². The van der Waals surface area contributed by atoms with E-state index < -0.39 is 4.92 Å². The summed E-state index contributed by atoms with van der Waals surface area (Å²) in [5.74, 6) is 0.452. The molecule has 3 rings (SSSR count). The molecule has 1 heterocycles. The van der Waals surface area contributed by atoms with Crippen LogP contribution in [0.3, 0.4) is 0 Å². The van der Waals surface area contributed by atoms with Gasteiger partial charge >= 0.3 is 0 Å².